The molecular weight excluding hydrogens is 314 g/mol. The Morgan fingerprint density at radius 2 is 2.29 bits per heavy atom. The van der Waals surface area contributed by atoms with Gasteiger partial charge in [0.2, 0.25) is 0 Å². The van der Waals surface area contributed by atoms with Crippen molar-refractivity contribution in [2.45, 2.75) is 6.54 Å². The Hall–Kier alpha value is -0.550. The van der Waals surface area contributed by atoms with E-state index >= 15 is 0 Å². The first kappa shape index (κ1) is 11.5. The molecule has 0 spiro atoms. The van der Waals surface area contributed by atoms with Gasteiger partial charge < -0.3 is 10.1 Å². The lowest BCUT2D eigenvalue weighted by atomic mass is 10.2. The summed E-state index contributed by atoms with van der Waals surface area (Å²) >= 11 is 6.16. The molecule has 0 heterocycles. The average Bonchev–Trinajstić information content (AvgIpc) is 2.15. The molecule has 0 saturated heterocycles. The van der Waals surface area contributed by atoms with Gasteiger partial charge in [0.05, 0.1) is 11.6 Å². The van der Waals surface area contributed by atoms with Gasteiger partial charge in [-0.15, -0.1) is 0 Å². The maximum Gasteiger partial charge on any atom is 0.287 e. The van der Waals surface area contributed by atoms with Crippen LogP contribution in [0.2, 0.25) is 0 Å². The van der Waals surface area contributed by atoms with Crippen molar-refractivity contribution in [3.8, 4) is 5.75 Å². The standard InChI is InChI=1S/C9H9Br2NO2/c1-14-8-3-2-6(4-7(8)10)5-12-9(11)13/h2-4H,5H2,1H3,(H,12,13). The summed E-state index contributed by atoms with van der Waals surface area (Å²) in [6, 6.07) is 5.65. The molecule has 0 aliphatic heterocycles. The SMILES string of the molecule is COc1ccc(CNC(=O)Br)cc1Br. The topological polar surface area (TPSA) is 38.3 Å². The summed E-state index contributed by atoms with van der Waals surface area (Å²) in [5.74, 6) is 0.777. The van der Waals surface area contributed by atoms with Crippen LogP contribution in [-0.2, 0) is 6.54 Å². The smallest absolute Gasteiger partial charge is 0.287 e. The van der Waals surface area contributed by atoms with Gasteiger partial charge in [0.1, 0.15) is 5.75 Å². The number of benzene rings is 1. The molecular formula is C9H9Br2NO2. The quantitative estimate of drug-likeness (QED) is 0.686. The number of rotatable bonds is 3. The van der Waals surface area contributed by atoms with E-state index in [2.05, 4.69) is 37.2 Å². The summed E-state index contributed by atoms with van der Waals surface area (Å²) in [5.41, 5.74) is 1.01. The first-order chi connectivity index (χ1) is 6.63. The highest BCUT2D eigenvalue weighted by Gasteiger charge is 2.01. The molecule has 76 valence electrons. The second-order valence-corrected chi connectivity index (χ2v) is 4.17. The molecule has 0 aliphatic rings. The summed E-state index contributed by atoms with van der Waals surface area (Å²) in [5, 5.41) is 2.64. The zero-order valence-electron chi connectivity index (χ0n) is 7.51. The van der Waals surface area contributed by atoms with Crippen molar-refractivity contribution in [1.29, 1.82) is 0 Å². The molecule has 0 aliphatic carbocycles. The van der Waals surface area contributed by atoms with Crippen LogP contribution >= 0.6 is 31.9 Å². The molecule has 1 rings (SSSR count). The van der Waals surface area contributed by atoms with Crippen LogP contribution < -0.4 is 10.1 Å². The first-order valence-electron chi connectivity index (χ1n) is 3.89. The lowest BCUT2D eigenvalue weighted by molar-refractivity contribution is 0.261. The van der Waals surface area contributed by atoms with Crippen LogP contribution in [0.15, 0.2) is 22.7 Å². The third kappa shape index (κ3) is 3.31. The predicted molar refractivity (Wildman–Crippen MR) is 61.9 cm³/mol. The molecule has 0 unspecified atom stereocenters. The fourth-order valence-corrected chi connectivity index (χ4v) is 1.72. The zero-order valence-corrected chi connectivity index (χ0v) is 10.7. The van der Waals surface area contributed by atoms with E-state index in [1.807, 2.05) is 18.2 Å². The van der Waals surface area contributed by atoms with Crippen molar-refractivity contribution < 1.29 is 9.53 Å². The molecule has 1 N–H and O–H groups in total. The minimum atomic E-state index is -0.218. The number of nitrogens with one attached hydrogen (secondary N) is 1. The number of carbonyl (C=O) groups excluding carboxylic acids is 1. The maximum atomic E-state index is 10.6. The Morgan fingerprint density at radius 3 is 2.79 bits per heavy atom. The van der Waals surface area contributed by atoms with Gasteiger partial charge in [0.25, 0.3) is 4.82 Å². The molecule has 5 heteroatoms. The normalized spacial score (nSPS) is 9.64. The van der Waals surface area contributed by atoms with E-state index < -0.39 is 0 Å². The van der Waals surface area contributed by atoms with Gasteiger partial charge in [0, 0.05) is 22.5 Å². The van der Waals surface area contributed by atoms with E-state index in [-0.39, 0.29) is 4.82 Å². The van der Waals surface area contributed by atoms with Gasteiger partial charge in [-0.1, -0.05) is 6.07 Å². The highest BCUT2D eigenvalue weighted by atomic mass is 79.9. The van der Waals surface area contributed by atoms with Crippen LogP contribution in [0.5, 0.6) is 5.75 Å². The average molecular weight is 323 g/mol. The van der Waals surface area contributed by atoms with E-state index in [1.54, 1.807) is 7.11 Å². The minimum Gasteiger partial charge on any atom is -0.496 e. The largest absolute Gasteiger partial charge is 0.496 e. The van der Waals surface area contributed by atoms with Gasteiger partial charge in [0.15, 0.2) is 0 Å². The second kappa shape index (κ2) is 5.36. The summed E-state index contributed by atoms with van der Waals surface area (Å²) in [7, 11) is 1.61. The molecule has 0 atom stereocenters. The Balaban J connectivity index is 2.71. The lowest BCUT2D eigenvalue weighted by Crippen LogP contribution is -2.14. The minimum absolute atomic E-state index is 0.218. The van der Waals surface area contributed by atoms with Gasteiger partial charge in [-0.05, 0) is 33.6 Å². The van der Waals surface area contributed by atoms with Crippen LogP contribution in [0.1, 0.15) is 5.56 Å². The third-order valence-electron chi connectivity index (χ3n) is 1.65. The molecule has 0 bridgehead atoms. The number of carbonyl (C=O) groups is 1. The van der Waals surface area contributed by atoms with Crippen LogP contribution in [0.4, 0.5) is 4.79 Å². The van der Waals surface area contributed by atoms with Crippen LogP contribution in [0.25, 0.3) is 0 Å². The molecule has 0 aromatic heterocycles. The van der Waals surface area contributed by atoms with Crippen molar-refractivity contribution in [3.63, 3.8) is 0 Å². The van der Waals surface area contributed by atoms with E-state index in [9.17, 15) is 4.79 Å². The van der Waals surface area contributed by atoms with Gasteiger partial charge in [-0.25, -0.2) is 0 Å². The number of hydrogen-bond acceptors (Lipinski definition) is 2. The Kier molecular flexibility index (Phi) is 4.41. The van der Waals surface area contributed by atoms with E-state index in [4.69, 9.17) is 4.74 Å². The van der Waals surface area contributed by atoms with E-state index in [0.717, 1.165) is 15.8 Å². The molecule has 1 aromatic carbocycles. The number of halogens is 2. The van der Waals surface area contributed by atoms with Crippen molar-refractivity contribution in [2.24, 2.45) is 0 Å². The van der Waals surface area contributed by atoms with Crippen LogP contribution in [0.3, 0.4) is 0 Å². The fourth-order valence-electron chi connectivity index (χ4n) is 0.991. The molecule has 3 nitrogen and oxygen atoms in total. The van der Waals surface area contributed by atoms with E-state index in [1.165, 1.54) is 0 Å². The molecule has 0 radical (unpaired) electrons. The van der Waals surface area contributed by atoms with Crippen molar-refractivity contribution in [3.05, 3.63) is 28.2 Å². The van der Waals surface area contributed by atoms with Crippen LogP contribution in [0, 0.1) is 0 Å². The lowest BCUT2D eigenvalue weighted by Gasteiger charge is -2.06. The van der Waals surface area contributed by atoms with E-state index in [0.29, 0.717) is 6.54 Å². The molecule has 0 fully saturated rings. The first-order valence-corrected chi connectivity index (χ1v) is 5.48. The molecule has 14 heavy (non-hydrogen) atoms. The number of hydrogen-bond donors (Lipinski definition) is 1. The van der Waals surface area contributed by atoms with Crippen molar-refractivity contribution >= 4 is 36.7 Å². The number of methoxy groups -OCH3 is 1. The highest BCUT2D eigenvalue weighted by Crippen LogP contribution is 2.25. The summed E-state index contributed by atoms with van der Waals surface area (Å²) in [6.45, 7) is 0.493. The van der Waals surface area contributed by atoms with Gasteiger partial charge >= 0.3 is 0 Å². The Bertz CT molecular complexity index is 342. The number of amides is 1. The highest BCUT2D eigenvalue weighted by molar-refractivity contribution is 9.18. The monoisotopic (exact) mass is 321 g/mol. The summed E-state index contributed by atoms with van der Waals surface area (Å²) in [4.78, 5) is 10.4. The zero-order chi connectivity index (χ0) is 10.6. The molecule has 1 amide bonds. The summed E-state index contributed by atoms with van der Waals surface area (Å²) in [6.07, 6.45) is 0. The Labute approximate surface area is 99.1 Å². The number of ether oxygens (including phenoxy) is 1. The van der Waals surface area contributed by atoms with Gasteiger partial charge in [-0.3, -0.25) is 4.79 Å². The Morgan fingerprint density at radius 1 is 1.57 bits per heavy atom. The predicted octanol–water partition coefficient (Wildman–Crippen LogP) is 3.06. The van der Waals surface area contributed by atoms with Crippen molar-refractivity contribution in [2.75, 3.05) is 7.11 Å². The van der Waals surface area contributed by atoms with Crippen molar-refractivity contribution in [1.82, 2.24) is 5.32 Å². The molecule has 1 aromatic rings. The van der Waals surface area contributed by atoms with Gasteiger partial charge in [-0.2, -0.15) is 0 Å². The van der Waals surface area contributed by atoms with Crippen LogP contribution in [-0.4, -0.2) is 11.9 Å². The second-order valence-electron chi connectivity index (χ2n) is 2.60. The maximum absolute atomic E-state index is 10.6. The fraction of sp³-hybridized carbons (Fsp3) is 0.222. The third-order valence-corrected chi connectivity index (χ3v) is 2.55. The summed E-state index contributed by atoms with van der Waals surface area (Å²) < 4.78 is 5.96. The molecule has 0 saturated carbocycles.